The van der Waals surface area contributed by atoms with E-state index in [-0.39, 0.29) is 12.0 Å². The van der Waals surface area contributed by atoms with Gasteiger partial charge in [0.1, 0.15) is 5.76 Å². The number of amides is 2. The van der Waals surface area contributed by atoms with Crippen LogP contribution < -0.4 is 10.6 Å². The fraction of sp³-hybridized carbons (Fsp3) is 0.200. The van der Waals surface area contributed by atoms with E-state index in [2.05, 4.69) is 15.4 Å². The second kappa shape index (κ2) is 7.14. The van der Waals surface area contributed by atoms with Gasteiger partial charge in [-0.05, 0) is 29.8 Å². The van der Waals surface area contributed by atoms with E-state index in [1.807, 2.05) is 0 Å². The van der Waals surface area contributed by atoms with Crippen molar-refractivity contribution in [2.45, 2.75) is 13.1 Å². The van der Waals surface area contributed by atoms with Crippen molar-refractivity contribution < 1.29 is 18.7 Å². The quantitative estimate of drug-likeness (QED) is 0.825. The molecule has 6 nitrogen and oxygen atoms in total. The number of hydrogen-bond acceptors (Lipinski definition) is 4. The van der Waals surface area contributed by atoms with Crippen molar-refractivity contribution in [3.63, 3.8) is 0 Å². The summed E-state index contributed by atoms with van der Waals surface area (Å²) in [6, 6.07) is 10.1. The summed E-state index contributed by atoms with van der Waals surface area (Å²) in [6.45, 7) is 0.700. The molecule has 1 heterocycles. The fourth-order valence-electron chi connectivity index (χ4n) is 1.70. The van der Waals surface area contributed by atoms with E-state index in [4.69, 9.17) is 4.42 Å². The molecule has 2 rings (SSSR count). The SMILES string of the molecule is COC(=O)c1ccc(CNC(=O)NCc2ccco2)cc1. The minimum atomic E-state index is -0.384. The predicted octanol–water partition coefficient (Wildman–Crippen LogP) is 2.07. The van der Waals surface area contributed by atoms with Gasteiger partial charge in [0.05, 0.1) is 25.5 Å². The van der Waals surface area contributed by atoms with Gasteiger partial charge in [0.25, 0.3) is 0 Å². The molecule has 2 N–H and O–H groups in total. The van der Waals surface area contributed by atoms with Gasteiger partial charge in [0.15, 0.2) is 0 Å². The van der Waals surface area contributed by atoms with E-state index < -0.39 is 0 Å². The van der Waals surface area contributed by atoms with E-state index in [0.29, 0.717) is 24.4 Å². The zero-order valence-electron chi connectivity index (χ0n) is 11.6. The molecular formula is C15H16N2O4. The maximum Gasteiger partial charge on any atom is 0.337 e. The van der Waals surface area contributed by atoms with Gasteiger partial charge in [0.2, 0.25) is 0 Å². The Balaban J connectivity index is 1.77. The molecule has 0 bridgehead atoms. The summed E-state index contributed by atoms with van der Waals surface area (Å²) in [4.78, 5) is 22.9. The molecule has 1 aromatic carbocycles. The Morgan fingerprint density at radius 1 is 1.10 bits per heavy atom. The highest BCUT2D eigenvalue weighted by Gasteiger charge is 2.05. The molecule has 110 valence electrons. The van der Waals surface area contributed by atoms with Crippen molar-refractivity contribution in [3.8, 4) is 0 Å². The van der Waals surface area contributed by atoms with Crippen molar-refractivity contribution >= 4 is 12.0 Å². The molecule has 0 aliphatic carbocycles. The van der Waals surface area contributed by atoms with Gasteiger partial charge in [-0.1, -0.05) is 12.1 Å². The molecule has 6 heteroatoms. The molecule has 2 amide bonds. The number of benzene rings is 1. The summed E-state index contributed by atoms with van der Waals surface area (Å²) >= 11 is 0. The summed E-state index contributed by atoms with van der Waals surface area (Å²) in [7, 11) is 1.33. The van der Waals surface area contributed by atoms with E-state index in [9.17, 15) is 9.59 Å². The van der Waals surface area contributed by atoms with Crippen LogP contribution in [0.4, 0.5) is 4.79 Å². The van der Waals surface area contributed by atoms with E-state index in [1.165, 1.54) is 7.11 Å². The van der Waals surface area contributed by atoms with Crippen LogP contribution in [-0.4, -0.2) is 19.1 Å². The fourth-order valence-corrected chi connectivity index (χ4v) is 1.70. The number of carbonyl (C=O) groups excluding carboxylic acids is 2. The predicted molar refractivity (Wildman–Crippen MR) is 75.6 cm³/mol. The second-order valence-electron chi connectivity index (χ2n) is 4.30. The first-order valence-electron chi connectivity index (χ1n) is 6.40. The topological polar surface area (TPSA) is 80.6 Å². The average Bonchev–Trinajstić information content (AvgIpc) is 3.04. The molecule has 21 heavy (non-hydrogen) atoms. The lowest BCUT2D eigenvalue weighted by Gasteiger charge is -2.07. The zero-order chi connectivity index (χ0) is 15.1. The Hall–Kier alpha value is -2.76. The molecule has 0 aliphatic rings. The molecule has 2 aromatic rings. The molecule has 0 unspecified atom stereocenters. The third kappa shape index (κ3) is 4.38. The number of ether oxygens (including phenoxy) is 1. The van der Waals surface area contributed by atoms with Crippen molar-refractivity contribution in [2.75, 3.05) is 7.11 Å². The molecule has 0 radical (unpaired) electrons. The lowest BCUT2D eigenvalue weighted by molar-refractivity contribution is 0.0600. The highest BCUT2D eigenvalue weighted by molar-refractivity contribution is 5.89. The number of esters is 1. The van der Waals surface area contributed by atoms with Gasteiger partial charge >= 0.3 is 12.0 Å². The van der Waals surface area contributed by atoms with E-state index in [0.717, 1.165) is 5.56 Å². The van der Waals surface area contributed by atoms with Crippen LogP contribution >= 0.6 is 0 Å². The van der Waals surface area contributed by atoms with Gasteiger partial charge in [-0.3, -0.25) is 0 Å². The van der Waals surface area contributed by atoms with Crippen molar-refractivity contribution in [1.29, 1.82) is 0 Å². The summed E-state index contributed by atoms with van der Waals surface area (Å²) in [5, 5.41) is 5.39. The lowest BCUT2D eigenvalue weighted by Crippen LogP contribution is -2.34. The minimum absolute atomic E-state index is 0.288. The third-order valence-corrected chi connectivity index (χ3v) is 2.83. The van der Waals surface area contributed by atoms with Crippen LogP contribution in [0.15, 0.2) is 47.1 Å². The average molecular weight is 288 g/mol. The summed E-state index contributed by atoms with van der Waals surface area (Å²) < 4.78 is 9.72. The van der Waals surface area contributed by atoms with Crippen LogP contribution in [-0.2, 0) is 17.8 Å². The van der Waals surface area contributed by atoms with Crippen molar-refractivity contribution in [1.82, 2.24) is 10.6 Å². The monoisotopic (exact) mass is 288 g/mol. The van der Waals surface area contributed by atoms with Gasteiger partial charge in [-0.25, -0.2) is 9.59 Å². The largest absolute Gasteiger partial charge is 0.467 e. The lowest BCUT2D eigenvalue weighted by atomic mass is 10.1. The maximum absolute atomic E-state index is 11.6. The molecule has 0 saturated heterocycles. The van der Waals surface area contributed by atoms with Gasteiger partial charge < -0.3 is 19.8 Å². The van der Waals surface area contributed by atoms with Gasteiger partial charge in [-0.2, -0.15) is 0 Å². The van der Waals surface area contributed by atoms with Crippen LogP contribution in [0.3, 0.4) is 0 Å². The molecule has 0 spiro atoms. The molecule has 0 saturated carbocycles. The molecule has 0 fully saturated rings. The first-order chi connectivity index (χ1) is 10.2. The maximum atomic E-state index is 11.6. The second-order valence-corrected chi connectivity index (χ2v) is 4.30. The molecule has 0 aliphatic heterocycles. The third-order valence-electron chi connectivity index (χ3n) is 2.83. The minimum Gasteiger partial charge on any atom is -0.467 e. The van der Waals surface area contributed by atoms with E-state index in [1.54, 1.807) is 42.7 Å². The number of carbonyl (C=O) groups is 2. The molecule has 1 aromatic heterocycles. The zero-order valence-corrected chi connectivity index (χ0v) is 11.6. The van der Waals surface area contributed by atoms with Gasteiger partial charge in [-0.15, -0.1) is 0 Å². The number of urea groups is 1. The van der Waals surface area contributed by atoms with Gasteiger partial charge in [0, 0.05) is 6.54 Å². The highest BCUT2D eigenvalue weighted by atomic mass is 16.5. The summed E-state index contributed by atoms with van der Waals surface area (Å²) in [5.74, 6) is 0.304. The number of furan rings is 1. The van der Waals surface area contributed by atoms with Crippen molar-refractivity contribution in [3.05, 3.63) is 59.5 Å². The summed E-state index contributed by atoms with van der Waals surface area (Å²) in [5.41, 5.74) is 1.36. The Kier molecular flexibility index (Phi) is 4.98. The first-order valence-corrected chi connectivity index (χ1v) is 6.40. The van der Waals surface area contributed by atoms with Crippen LogP contribution in [0.2, 0.25) is 0 Å². The number of nitrogens with one attached hydrogen (secondary N) is 2. The molecule has 0 atom stereocenters. The smallest absolute Gasteiger partial charge is 0.337 e. The Morgan fingerprint density at radius 2 is 1.81 bits per heavy atom. The number of rotatable bonds is 5. The normalized spacial score (nSPS) is 9.95. The van der Waals surface area contributed by atoms with Crippen molar-refractivity contribution in [2.24, 2.45) is 0 Å². The van der Waals surface area contributed by atoms with Crippen LogP contribution in [0.1, 0.15) is 21.7 Å². The molecular weight excluding hydrogens is 272 g/mol. The summed E-state index contributed by atoms with van der Waals surface area (Å²) in [6.07, 6.45) is 1.55. The first kappa shape index (κ1) is 14.6. The van der Waals surface area contributed by atoms with Crippen LogP contribution in [0.5, 0.6) is 0 Å². The Labute approximate surface area is 122 Å². The van der Waals surface area contributed by atoms with E-state index >= 15 is 0 Å². The number of methoxy groups -OCH3 is 1. The van der Waals surface area contributed by atoms with Crippen LogP contribution in [0.25, 0.3) is 0 Å². The Morgan fingerprint density at radius 3 is 2.43 bits per heavy atom. The highest BCUT2D eigenvalue weighted by Crippen LogP contribution is 2.05. The Bertz CT molecular complexity index is 591. The number of hydrogen-bond donors (Lipinski definition) is 2. The standard InChI is InChI=1S/C15H16N2O4/c1-20-14(18)12-6-4-11(5-7-12)9-16-15(19)17-10-13-3-2-8-21-13/h2-8H,9-10H2,1H3,(H2,16,17,19). The van der Waals surface area contributed by atoms with Crippen LogP contribution in [0, 0.1) is 0 Å².